The Bertz CT molecular complexity index is 1440. The van der Waals surface area contributed by atoms with Crippen LogP contribution in [0.15, 0.2) is 70.3 Å². The van der Waals surface area contributed by atoms with Crippen molar-refractivity contribution in [3.8, 4) is 5.75 Å². The highest BCUT2D eigenvalue weighted by molar-refractivity contribution is 6.07. The van der Waals surface area contributed by atoms with Gasteiger partial charge in [0.1, 0.15) is 17.3 Å². The van der Waals surface area contributed by atoms with Crippen LogP contribution >= 0.6 is 0 Å². The van der Waals surface area contributed by atoms with Gasteiger partial charge in [-0.05, 0) is 36.8 Å². The number of carbonyl (C=O) groups excluding carboxylic acids is 1. The number of rotatable bonds is 6. The number of nitrogen functional groups attached to an aromatic ring is 1. The molecule has 0 aliphatic rings. The molecule has 0 saturated carbocycles. The van der Waals surface area contributed by atoms with E-state index in [9.17, 15) is 14.4 Å². The van der Waals surface area contributed by atoms with Crippen LogP contribution in [0.5, 0.6) is 5.75 Å². The number of aromatic amines is 1. The van der Waals surface area contributed by atoms with Crippen molar-refractivity contribution in [3.05, 3.63) is 92.8 Å². The van der Waals surface area contributed by atoms with Crippen molar-refractivity contribution < 1.29 is 9.53 Å². The number of aromatic nitrogens is 3. The minimum atomic E-state index is -0.734. The summed E-state index contributed by atoms with van der Waals surface area (Å²) in [4.78, 5) is 46.5. The summed E-state index contributed by atoms with van der Waals surface area (Å²) in [6, 6.07) is 17.9. The van der Waals surface area contributed by atoms with Gasteiger partial charge < -0.3 is 10.5 Å². The molecule has 3 N–H and O–H groups in total. The normalized spacial score (nSPS) is 10.8. The Balaban J connectivity index is 1.76. The van der Waals surface area contributed by atoms with Crippen LogP contribution in [0, 0.1) is 0 Å². The minimum absolute atomic E-state index is 0.0883. The quantitative estimate of drug-likeness (QED) is 0.470. The first-order valence-electron chi connectivity index (χ1n) is 10.4. The highest BCUT2D eigenvalue weighted by Gasteiger charge is 2.25. The zero-order valence-electron chi connectivity index (χ0n) is 18.2. The lowest BCUT2D eigenvalue weighted by Crippen LogP contribution is -2.41. The van der Waals surface area contributed by atoms with Crippen LogP contribution in [0.3, 0.4) is 0 Å². The van der Waals surface area contributed by atoms with Crippen molar-refractivity contribution in [2.45, 2.75) is 13.5 Å². The van der Waals surface area contributed by atoms with Gasteiger partial charge in [-0.25, -0.2) is 9.78 Å². The molecule has 9 nitrogen and oxygen atoms in total. The third-order valence-electron chi connectivity index (χ3n) is 5.34. The zero-order valence-corrected chi connectivity index (χ0v) is 18.2. The number of carbonyl (C=O) groups is 1. The summed E-state index contributed by atoms with van der Waals surface area (Å²) in [5.74, 6) is 0.0872. The molecule has 9 heteroatoms. The summed E-state index contributed by atoms with van der Waals surface area (Å²) in [5.41, 5.74) is 6.37. The van der Waals surface area contributed by atoms with Crippen LogP contribution < -0.4 is 26.6 Å². The van der Waals surface area contributed by atoms with Crippen molar-refractivity contribution in [1.82, 2.24) is 14.5 Å². The summed E-state index contributed by atoms with van der Waals surface area (Å²) in [7, 11) is 1.57. The second kappa shape index (κ2) is 8.99. The largest absolute Gasteiger partial charge is 0.497 e. The van der Waals surface area contributed by atoms with E-state index in [-0.39, 0.29) is 30.3 Å². The lowest BCUT2D eigenvalue weighted by molar-refractivity contribution is 0.0983. The number of anilines is 2. The number of ether oxygens (including phenoxy) is 1. The molecule has 2 heterocycles. The molecule has 0 saturated heterocycles. The van der Waals surface area contributed by atoms with Gasteiger partial charge in [0.05, 0.1) is 19.2 Å². The van der Waals surface area contributed by atoms with Crippen molar-refractivity contribution in [3.63, 3.8) is 0 Å². The Morgan fingerprint density at radius 3 is 2.58 bits per heavy atom. The van der Waals surface area contributed by atoms with Crippen LogP contribution in [-0.2, 0) is 6.54 Å². The smallest absolute Gasteiger partial charge is 0.330 e. The van der Waals surface area contributed by atoms with Crippen LogP contribution in [0.1, 0.15) is 23.0 Å². The van der Waals surface area contributed by atoms with E-state index >= 15 is 0 Å². The average molecular weight is 445 g/mol. The molecule has 0 radical (unpaired) electrons. The Morgan fingerprint density at radius 1 is 1.12 bits per heavy atom. The molecule has 168 valence electrons. The third-order valence-corrected chi connectivity index (χ3v) is 5.34. The molecular weight excluding hydrogens is 422 g/mol. The molecule has 0 aliphatic heterocycles. The van der Waals surface area contributed by atoms with Gasteiger partial charge in [-0.1, -0.05) is 36.4 Å². The van der Waals surface area contributed by atoms with E-state index in [1.165, 1.54) is 9.47 Å². The molecule has 2 aromatic heterocycles. The monoisotopic (exact) mass is 445 g/mol. The molecule has 0 aliphatic carbocycles. The average Bonchev–Trinajstić information content (AvgIpc) is 2.83. The highest BCUT2D eigenvalue weighted by Crippen LogP contribution is 2.22. The Morgan fingerprint density at radius 2 is 1.88 bits per heavy atom. The lowest BCUT2D eigenvalue weighted by atomic mass is 10.2. The van der Waals surface area contributed by atoms with E-state index in [1.807, 2.05) is 36.4 Å². The van der Waals surface area contributed by atoms with E-state index in [0.717, 1.165) is 10.9 Å². The minimum Gasteiger partial charge on any atom is -0.497 e. The molecule has 2 aromatic carbocycles. The number of pyridine rings is 1. The van der Waals surface area contributed by atoms with Gasteiger partial charge in [0.15, 0.2) is 5.69 Å². The topological polar surface area (TPSA) is 123 Å². The maximum atomic E-state index is 13.3. The maximum Gasteiger partial charge on any atom is 0.330 e. The number of hydrogen-bond acceptors (Lipinski definition) is 6. The second-order valence-corrected chi connectivity index (χ2v) is 7.37. The summed E-state index contributed by atoms with van der Waals surface area (Å²) >= 11 is 0. The van der Waals surface area contributed by atoms with Crippen LogP contribution in [0.4, 0.5) is 11.5 Å². The SMILES string of the molecule is CCN(C(=O)c1ccc2cc(OC)ccc2n1)c1c(N)n(Cc2ccccc2)c(=O)[nH]c1=O. The van der Waals surface area contributed by atoms with Gasteiger partial charge in [-0.15, -0.1) is 0 Å². The summed E-state index contributed by atoms with van der Waals surface area (Å²) < 4.78 is 6.46. The van der Waals surface area contributed by atoms with E-state index in [4.69, 9.17) is 10.5 Å². The second-order valence-electron chi connectivity index (χ2n) is 7.37. The van der Waals surface area contributed by atoms with Crippen molar-refractivity contribution in [2.24, 2.45) is 0 Å². The maximum absolute atomic E-state index is 13.3. The Labute approximate surface area is 189 Å². The number of hydrogen-bond donors (Lipinski definition) is 2. The van der Waals surface area contributed by atoms with E-state index in [1.54, 1.807) is 38.3 Å². The molecule has 33 heavy (non-hydrogen) atoms. The highest BCUT2D eigenvalue weighted by atomic mass is 16.5. The molecule has 0 bridgehead atoms. The molecule has 0 fully saturated rings. The molecule has 4 rings (SSSR count). The van der Waals surface area contributed by atoms with Gasteiger partial charge in [0, 0.05) is 11.9 Å². The molecule has 1 amide bonds. The lowest BCUT2D eigenvalue weighted by Gasteiger charge is -2.23. The Kier molecular flexibility index (Phi) is 5.95. The first-order chi connectivity index (χ1) is 15.9. The Hall–Kier alpha value is -4.40. The van der Waals surface area contributed by atoms with E-state index < -0.39 is 17.2 Å². The summed E-state index contributed by atoms with van der Waals surface area (Å²) in [6.07, 6.45) is 0. The number of methoxy groups -OCH3 is 1. The number of H-pyrrole nitrogens is 1. The van der Waals surface area contributed by atoms with Crippen molar-refractivity contribution >= 4 is 28.3 Å². The van der Waals surface area contributed by atoms with Crippen molar-refractivity contribution in [1.29, 1.82) is 0 Å². The fourth-order valence-electron chi connectivity index (χ4n) is 3.65. The van der Waals surface area contributed by atoms with Gasteiger partial charge in [-0.3, -0.25) is 24.0 Å². The molecule has 4 aromatic rings. The van der Waals surface area contributed by atoms with Crippen LogP contribution in [0.2, 0.25) is 0 Å². The number of fused-ring (bicyclic) bond motifs is 1. The molecule has 0 atom stereocenters. The van der Waals surface area contributed by atoms with Gasteiger partial charge in [0.2, 0.25) is 0 Å². The van der Waals surface area contributed by atoms with Gasteiger partial charge in [0.25, 0.3) is 11.5 Å². The predicted molar refractivity (Wildman–Crippen MR) is 127 cm³/mol. The fraction of sp³-hybridized carbons (Fsp3) is 0.167. The third kappa shape index (κ3) is 4.20. The standard InChI is InChI=1S/C24H23N5O4/c1-3-28(23(31)19-11-9-16-13-17(33-2)10-12-18(16)26-19)20-21(25)29(24(32)27-22(20)30)14-15-7-5-4-6-8-15/h4-13H,3,14,25H2,1-2H3,(H,27,30,32). The number of amides is 1. The van der Waals surface area contributed by atoms with E-state index in [2.05, 4.69) is 9.97 Å². The number of nitrogens with zero attached hydrogens (tertiary/aromatic N) is 3. The molecule has 0 unspecified atom stereocenters. The van der Waals surface area contributed by atoms with Crippen LogP contribution in [0.25, 0.3) is 10.9 Å². The van der Waals surface area contributed by atoms with Crippen molar-refractivity contribution in [2.75, 3.05) is 24.3 Å². The first kappa shape index (κ1) is 21.8. The molecule has 0 spiro atoms. The summed E-state index contributed by atoms with van der Waals surface area (Å²) in [5, 5.41) is 0.808. The molecular formula is C24H23N5O4. The summed E-state index contributed by atoms with van der Waals surface area (Å²) in [6.45, 7) is 2.02. The van der Waals surface area contributed by atoms with Gasteiger partial charge in [-0.2, -0.15) is 0 Å². The fourth-order valence-corrected chi connectivity index (χ4v) is 3.65. The number of nitrogens with two attached hydrogens (primary N) is 1. The number of nitrogens with one attached hydrogen (secondary N) is 1. The number of benzene rings is 2. The van der Waals surface area contributed by atoms with Gasteiger partial charge >= 0.3 is 5.69 Å². The predicted octanol–water partition coefficient (Wildman–Crippen LogP) is 2.39. The first-order valence-corrected chi connectivity index (χ1v) is 10.4. The van der Waals surface area contributed by atoms with Crippen LogP contribution in [-0.4, -0.2) is 34.1 Å². The van der Waals surface area contributed by atoms with E-state index in [0.29, 0.717) is 11.3 Å². The zero-order chi connectivity index (χ0) is 23.5.